The molecule has 0 aliphatic rings. The first-order valence-electron chi connectivity index (χ1n) is 8.91. The van der Waals surface area contributed by atoms with Crippen molar-refractivity contribution in [2.75, 3.05) is 34.3 Å². The van der Waals surface area contributed by atoms with E-state index in [4.69, 9.17) is 9.73 Å². The number of benzene rings is 1. The lowest BCUT2D eigenvalue weighted by Crippen LogP contribution is -2.41. The summed E-state index contributed by atoms with van der Waals surface area (Å²) in [5.74, 6) is 1.74. The predicted molar refractivity (Wildman–Crippen MR) is 127 cm³/mol. The smallest absolute Gasteiger partial charge is 0.191 e. The van der Waals surface area contributed by atoms with Gasteiger partial charge in [-0.05, 0) is 51.0 Å². The maximum atomic E-state index is 5.54. The number of aryl methyl sites for hydroxylation is 1. The third-order valence-electron chi connectivity index (χ3n) is 4.28. The number of aliphatic imine (C=N–C) groups is 1. The molecule has 0 fully saturated rings. The van der Waals surface area contributed by atoms with Crippen molar-refractivity contribution in [1.29, 1.82) is 0 Å². The molecule has 1 aromatic carbocycles. The number of para-hydroxylation sites is 1. The van der Waals surface area contributed by atoms with Crippen molar-refractivity contribution in [2.24, 2.45) is 4.99 Å². The Hall–Kier alpha value is -1.32. The second-order valence-corrected chi connectivity index (χ2v) is 7.32. The molecule has 27 heavy (non-hydrogen) atoms. The Morgan fingerprint density at radius 3 is 2.56 bits per heavy atom. The maximum absolute atomic E-state index is 5.54. The predicted octanol–water partition coefficient (Wildman–Crippen LogP) is 4.04. The van der Waals surface area contributed by atoms with Crippen molar-refractivity contribution in [3.05, 3.63) is 51.7 Å². The number of likely N-dealkylation sites (N-methyl/N-ethyl adjacent to an activating group) is 1. The number of halogens is 1. The van der Waals surface area contributed by atoms with Crippen molar-refractivity contribution in [1.82, 2.24) is 15.5 Å². The lowest BCUT2D eigenvalue weighted by atomic mass is 10.0. The summed E-state index contributed by atoms with van der Waals surface area (Å²) in [6.45, 7) is 6.47. The van der Waals surface area contributed by atoms with E-state index in [1.807, 2.05) is 18.2 Å². The molecule has 1 unspecified atom stereocenters. The molecule has 0 amide bonds. The van der Waals surface area contributed by atoms with Crippen LogP contribution in [0.15, 0.2) is 40.7 Å². The number of guanidine groups is 1. The Morgan fingerprint density at radius 1 is 1.22 bits per heavy atom. The van der Waals surface area contributed by atoms with E-state index < -0.39 is 0 Å². The quantitative estimate of drug-likeness (QED) is 0.325. The van der Waals surface area contributed by atoms with Crippen molar-refractivity contribution in [3.63, 3.8) is 0 Å². The first kappa shape index (κ1) is 23.7. The first-order valence-corrected chi connectivity index (χ1v) is 9.79. The van der Waals surface area contributed by atoms with Gasteiger partial charge < -0.3 is 20.3 Å². The lowest BCUT2D eigenvalue weighted by molar-refractivity contribution is 0.287. The van der Waals surface area contributed by atoms with Crippen LogP contribution < -0.4 is 15.4 Å². The Bertz CT molecular complexity index is 718. The standard InChI is InChI=1S/C20H30N4OS.HI/c1-6-21-20(23-14-19-15(2)11-12-26-19)22-13-17(24(3)4)16-9-7-8-10-18(16)25-5;/h7-12,17H,6,13-14H2,1-5H3,(H2,21,22,23);1H. The third kappa shape index (κ3) is 6.97. The first-order chi connectivity index (χ1) is 12.6. The highest BCUT2D eigenvalue weighted by Gasteiger charge is 2.18. The van der Waals surface area contributed by atoms with Crippen LogP contribution in [0.4, 0.5) is 0 Å². The molecule has 1 aromatic heterocycles. The molecule has 1 atom stereocenters. The van der Waals surface area contributed by atoms with Crippen LogP contribution in [0.5, 0.6) is 5.75 Å². The number of ether oxygens (including phenoxy) is 1. The van der Waals surface area contributed by atoms with Gasteiger partial charge in [0, 0.05) is 23.5 Å². The molecule has 5 nitrogen and oxygen atoms in total. The van der Waals surface area contributed by atoms with Crippen molar-refractivity contribution >= 4 is 41.3 Å². The van der Waals surface area contributed by atoms with Gasteiger partial charge in [0.15, 0.2) is 5.96 Å². The van der Waals surface area contributed by atoms with E-state index in [1.54, 1.807) is 18.4 Å². The Labute approximate surface area is 184 Å². The van der Waals surface area contributed by atoms with Gasteiger partial charge in [-0.1, -0.05) is 18.2 Å². The monoisotopic (exact) mass is 502 g/mol. The average molecular weight is 502 g/mol. The zero-order chi connectivity index (χ0) is 18.9. The van der Waals surface area contributed by atoms with Gasteiger partial charge in [-0.2, -0.15) is 0 Å². The molecule has 0 spiro atoms. The van der Waals surface area contributed by atoms with Crippen molar-refractivity contribution in [2.45, 2.75) is 26.4 Å². The second-order valence-electron chi connectivity index (χ2n) is 6.32. The molecule has 150 valence electrons. The van der Waals surface area contributed by atoms with Gasteiger partial charge in [0.25, 0.3) is 0 Å². The van der Waals surface area contributed by atoms with Crippen LogP contribution in [0.1, 0.15) is 29.0 Å². The summed E-state index contributed by atoms with van der Waals surface area (Å²) in [4.78, 5) is 8.23. The highest BCUT2D eigenvalue weighted by Crippen LogP contribution is 2.27. The number of hydrogen-bond donors (Lipinski definition) is 2. The highest BCUT2D eigenvalue weighted by atomic mass is 127. The van der Waals surface area contributed by atoms with E-state index in [0.29, 0.717) is 6.54 Å². The highest BCUT2D eigenvalue weighted by molar-refractivity contribution is 14.0. The van der Waals surface area contributed by atoms with Crippen LogP contribution >= 0.6 is 35.3 Å². The molecule has 0 saturated carbocycles. The lowest BCUT2D eigenvalue weighted by Gasteiger charge is -2.27. The molecule has 7 heteroatoms. The summed E-state index contributed by atoms with van der Waals surface area (Å²) in [6, 6.07) is 10.5. The zero-order valence-electron chi connectivity index (χ0n) is 16.8. The number of nitrogens with one attached hydrogen (secondary N) is 2. The minimum Gasteiger partial charge on any atom is -0.496 e. The average Bonchev–Trinajstić information content (AvgIpc) is 3.04. The molecule has 1 heterocycles. The number of methoxy groups -OCH3 is 1. The molecule has 2 aromatic rings. The summed E-state index contributed by atoms with van der Waals surface area (Å²) >= 11 is 1.75. The normalized spacial score (nSPS) is 12.4. The summed E-state index contributed by atoms with van der Waals surface area (Å²) in [7, 11) is 5.88. The summed E-state index contributed by atoms with van der Waals surface area (Å²) in [5, 5.41) is 8.93. The van der Waals surface area contributed by atoms with Crippen LogP contribution in [-0.4, -0.2) is 45.2 Å². The topological polar surface area (TPSA) is 48.9 Å². The largest absolute Gasteiger partial charge is 0.496 e. The molecule has 2 N–H and O–H groups in total. The number of rotatable bonds is 8. The summed E-state index contributed by atoms with van der Waals surface area (Å²) in [5.41, 5.74) is 2.47. The van der Waals surface area contributed by atoms with Gasteiger partial charge in [0.05, 0.1) is 19.7 Å². The van der Waals surface area contributed by atoms with Crippen LogP contribution in [0.3, 0.4) is 0 Å². The fourth-order valence-corrected chi connectivity index (χ4v) is 3.59. The molecular weight excluding hydrogens is 471 g/mol. The Morgan fingerprint density at radius 2 is 1.96 bits per heavy atom. The van der Waals surface area contributed by atoms with Gasteiger partial charge in [-0.3, -0.25) is 0 Å². The number of nitrogens with zero attached hydrogens (tertiary/aromatic N) is 2. The van der Waals surface area contributed by atoms with E-state index in [-0.39, 0.29) is 30.0 Å². The van der Waals surface area contributed by atoms with E-state index in [2.05, 4.69) is 61.0 Å². The molecule has 0 bridgehead atoms. The molecule has 0 aliphatic heterocycles. The minimum atomic E-state index is 0. The molecular formula is C20H31IN4OS. The van der Waals surface area contributed by atoms with Crippen LogP contribution in [-0.2, 0) is 6.54 Å². The van der Waals surface area contributed by atoms with Crippen LogP contribution in [0.2, 0.25) is 0 Å². The van der Waals surface area contributed by atoms with Gasteiger partial charge in [-0.25, -0.2) is 4.99 Å². The van der Waals surface area contributed by atoms with E-state index in [9.17, 15) is 0 Å². The Balaban J connectivity index is 0.00000364. The Kier molecular flexibility index (Phi) is 10.7. The van der Waals surface area contributed by atoms with E-state index in [1.165, 1.54) is 10.4 Å². The molecule has 2 rings (SSSR count). The maximum Gasteiger partial charge on any atom is 0.191 e. The second kappa shape index (κ2) is 12.2. The number of thiophene rings is 1. The van der Waals surface area contributed by atoms with Crippen LogP contribution in [0.25, 0.3) is 0 Å². The SMILES string of the molecule is CCNC(=NCc1sccc1C)NCC(c1ccccc1OC)N(C)C.I. The third-order valence-corrected chi connectivity index (χ3v) is 5.29. The van der Waals surface area contributed by atoms with E-state index >= 15 is 0 Å². The van der Waals surface area contributed by atoms with Gasteiger partial charge in [0.1, 0.15) is 5.75 Å². The summed E-state index contributed by atoms with van der Waals surface area (Å²) in [6.07, 6.45) is 0. The van der Waals surface area contributed by atoms with Crippen molar-refractivity contribution in [3.8, 4) is 5.75 Å². The van der Waals surface area contributed by atoms with Crippen molar-refractivity contribution < 1.29 is 4.74 Å². The number of hydrogen-bond acceptors (Lipinski definition) is 4. The molecule has 0 saturated heterocycles. The van der Waals surface area contributed by atoms with Gasteiger partial charge in [-0.15, -0.1) is 35.3 Å². The van der Waals surface area contributed by atoms with Crippen LogP contribution in [0, 0.1) is 6.92 Å². The van der Waals surface area contributed by atoms with Gasteiger partial charge in [0.2, 0.25) is 0 Å². The van der Waals surface area contributed by atoms with Gasteiger partial charge >= 0.3 is 0 Å². The fraction of sp³-hybridized carbons (Fsp3) is 0.450. The van der Waals surface area contributed by atoms with E-state index in [0.717, 1.165) is 30.4 Å². The summed E-state index contributed by atoms with van der Waals surface area (Å²) < 4.78 is 5.54. The minimum absolute atomic E-state index is 0. The molecule has 0 radical (unpaired) electrons. The zero-order valence-corrected chi connectivity index (χ0v) is 19.9. The fourth-order valence-electron chi connectivity index (χ4n) is 2.76. The molecule has 0 aliphatic carbocycles.